The topological polar surface area (TPSA) is 38.9 Å². The van der Waals surface area contributed by atoms with E-state index in [-0.39, 0.29) is 5.41 Å². The summed E-state index contributed by atoms with van der Waals surface area (Å²) in [6, 6.07) is 10.1. The van der Waals surface area contributed by atoms with Gasteiger partial charge in [-0.2, -0.15) is 0 Å². The minimum atomic E-state index is -0.0870. The molecule has 0 aliphatic heterocycles. The van der Waals surface area contributed by atoms with Crippen LogP contribution in [0, 0.1) is 0 Å². The van der Waals surface area contributed by atoms with E-state index in [9.17, 15) is 0 Å². The number of hydrogen-bond donors (Lipinski definition) is 0. The van der Waals surface area contributed by atoms with Gasteiger partial charge in [0, 0.05) is 22.6 Å². The Bertz CT molecular complexity index is 717. The second-order valence-electron chi connectivity index (χ2n) is 5.66. The Hall–Kier alpha value is -2.16. The summed E-state index contributed by atoms with van der Waals surface area (Å²) in [5, 5.41) is 1.11. The van der Waals surface area contributed by atoms with Gasteiger partial charge in [-0.15, -0.1) is 0 Å². The third kappa shape index (κ3) is 2.12. The van der Waals surface area contributed by atoms with E-state index in [1.54, 1.807) is 12.4 Å². The van der Waals surface area contributed by atoms with Crippen LogP contribution >= 0.6 is 0 Å². The Balaban J connectivity index is 2.17. The minimum Gasteiger partial charge on any atom is -0.440 e. The molecule has 0 radical (unpaired) electrons. The van der Waals surface area contributed by atoms with Crippen molar-refractivity contribution in [3.63, 3.8) is 0 Å². The number of fused-ring (bicyclic) bond motifs is 1. The van der Waals surface area contributed by atoms with Crippen LogP contribution in [0.15, 0.2) is 47.1 Å². The molecule has 2 aromatic heterocycles. The minimum absolute atomic E-state index is 0.0870. The molecule has 3 rings (SSSR count). The van der Waals surface area contributed by atoms with Crippen molar-refractivity contribution in [3.05, 3.63) is 48.6 Å². The van der Waals surface area contributed by atoms with E-state index in [0.29, 0.717) is 0 Å². The standard InChI is InChI=1S/C16H16N2O/c1-16(2,3)15-18-10-13(19-15)12-8-4-6-11-7-5-9-17-14(11)12/h4-10H,1-3H3. The molecule has 2 heterocycles. The molecule has 0 aliphatic rings. The van der Waals surface area contributed by atoms with E-state index in [1.807, 2.05) is 30.3 Å². The summed E-state index contributed by atoms with van der Waals surface area (Å²) in [6.45, 7) is 6.26. The molecule has 3 heteroatoms. The molecule has 3 nitrogen and oxygen atoms in total. The summed E-state index contributed by atoms with van der Waals surface area (Å²) in [6.07, 6.45) is 3.58. The van der Waals surface area contributed by atoms with Crippen LogP contribution in [0.25, 0.3) is 22.2 Å². The Labute approximate surface area is 112 Å². The molecule has 0 saturated carbocycles. The third-order valence-corrected chi connectivity index (χ3v) is 3.05. The lowest BCUT2D eigenvalue weighted by atomic mass is 9.97. The fourth-order valence-corrected chi connectivity index (χ4v) is 2.05. The van der Waals surface area contributed by atoms with Crippen LogP contribution in [0.3, 0.4) is 0 Å². The van der Waals surface area contributed by atoms with Crippen molar-refractivity contribution in [2.45, 2.75) is 26.2 Å². The van der Waals surface area contributed by atoms with Gasteiger partial charge in [0.1, 0.15) is 0 Å². The summed E-state index contributed by atoms with van der Waals surface area (Å²) in [7, 11) is 0. The molecule has 0 aliphatic carbocycles. The number of para-hydroxylation sites is 1. The highest BCUT2D eigenvalue weighted by atomic mass is 16.4. The maximum Gasteiger partial charge on any atom is 0.200 e. The highest BCUT2D eigenvalue weighted by molar-refractivity contribution is 5.91. The molecule has 0 bridgehead atoms. The normalized spacial score (nSPS) is 11.9. The summed E-state index contributed by atoms with van der Waals surface area (Å²) in [5.74, 6) is 1.52. The number of rotatable bonds is 1. The number of oxazole rings is 1. The fraction of sp³-hybridized carbons (Fsp3) is 0.250. The highest BCUT2D eigenvalue weighted by Crippen LogP contribution is 2.30. The van der Waals surface area contributed by atoms with Gasteiger partial charge in [0.15, 0.2) is 11.7 Å². The second-order valence-corrected chi connectivity index (χ2v) is 5.66. The van der Waals surface area contributed by atoms with Gasteiger partial charge >= 0.3 is 0 Å². The maximum absolute atomic E-state index is 5.89. The van der Waals surface area contributed by atoms with Crippen LogP contribution in [-0.4, -0.2) is 9.97 Å². The highest BCUT2D eigenvalue weighted by Gasteiger charge is 2.21. The van der Waals surface area contributed by atoms with E-state index in [0.717, 1.165) is 28.1 Å². The van der Waals surface area contributed by atoms with E-state index < -0.39 is 0 Å². The number of pyridine rings is 1. The second kappa shape index (κ2) is 4.19. The molecule has 0 fully saturated rings. The molecule has 0 atom stereocenters. The largest absolute Gasteiger partial charge is 0.440 e. The van der Waals surface area contributed by atoms with Crippen LogP contribution in [0.1, 0.15) is 26.7 Å². The van der Waals surface area contributed by atoms with Crippen molar-refractivity contribution < 1.29 is 4.42 Å². The molecule has 19 heavy (non-hydrogen) atoms. The van der Waals surface area contributed by atoms with Gasteiger partial charge in [0.05, 0.1) is 11.7 Å². The number of nitrogens with zero attached hydrogens (tertiary/aromatic N) is 2. The zero-order chi connectivity index (χ0) is 13.5. The van der Waals surface area contributed by atoms with Gasteiger partial charge in [-0.3, -0.25) is 4.98 Å². The first-order valence-electron chi connectivity index (χ1n) is 6.36. The van der Waals surface area contributed by atoms with Crippen molar-refractivity contribution in [3.8, 4) is 11.3 Å². The van der Waals surface area contributed by atoms with Crippen molar-refractivity contribution in [2.75, 3.05) is 0 Å². The molecule has 0 unspecified atom stereocenters. The smallest absolute Gasteiger partial charge is 0.200 e. The first-order chi connectivity index (χ1) is 9.05. The zero-order valence-electron chi connectivity index (χ0n) is 11.3. The SMILES string of the molecule is CC(C)(C)c1ncc(-c2cccc3cccnc23)o1. The Kier molecular flexibility index (Phi) is 2.63. The van der Waals surface area contributed by atoms with Crippen LogP contribution in [0.2, 0.25) is 0 Å². The Morgan fingerprint density at radius 3 is 2.53 bits per heavy atom. The molecule has 1 aromatic carbocycles. The summed E-state index contributed by atoms with van der Waals surface area (Å²) < 4.78 is 5.89. The summed E-state index contributed by atoms with van der Waals surface area (Å²) in [5.41, 5.74) is 1.85. The monoisotopic (exact) mass is 252 g/mol. The van der Waals surface area contributed by atoms with Gasteiger partial charge < -0.3 is 4.42 Å². The third-order valence-electron chi connectivity index (χ3n) is 3.05. The van der Waals surface area contributed by atoms with Gasteiger partial charge in [-0.25, -0.2) is 4.98 Å². The molecule has 0 saturated heterocycles. The Morgan fingerprint density at radius 1 is 1.00 bits per heavy atom. The first kappa shape index (κ1) is 11.9. The van der Waals surface area contributed by atoms with Crippen LogP contribution < -0.4 is 0 Å². The predicted octanol–water partition coefficient (Wildman–Crippen LogP) is 4.19. The predicted molar refractivity (Wildman–Crippen MR) is 75.9 cm³/mol. The molecule has 3 aromatic rings. The lowest BCUT2D eigenvalue weighted by Gasteiger charge is -2.12. The quantitative estimate of drug-likeness (QED) is 0.652. The van der Waals surface area contributed by atoms with Gasteiger partial charge in [-0.05, 0) is 12.1 Å². The number of hydrogen-bond acceptors (Lipinski definition) is 3. The summed E-state index contributed by atoms with van der Waals surface area (Å²) >= 11 is 0. The van der Waals surface area contributed by atoms with Gasteiger partial charge in [-0.1, -0.05) is 39.0 Å². The van der Waals surface area contributed by atoms with Crippen LogP contribution in [-0.2, 0) is 5.41 Å². The van der Waals surface area contributed by atoms with Crippen LogP contribution in [0.4, 0.5) is 0 Å². The van der Waals surface area contributed by atoms with Crippen LogP contribution in [0.5, 0.6) is 0 Å². The van der Waals surface area contributed by atoms with Gasteiger partial charge in [0.25, 0.3) is 0 Å². The van der Waals surface area contributed by atoms with E-state index in [2.05, 4.69) is 30.7 Å². The van der Waals surface area contributed by atoms with E-state index in [4.69, 9.17) is 4.42 Å². The lowest BCUT2D eigenvalue weighted by molar-refractivity contribution is 0.399. The fourth-order valence-electron chi connectivity index (χ4n) is 2.05. The van der Waals surface area contributed by atoms with Crippen molar-refractivity contribution >= 4 is 10.9 Å². The molecular weight excluding hydrogens is 236 g/mol. The average molecular weight is 252 g/mol. The maximum atomic E-state index is 5.89. The number of benzene rings is 1. The molecular formula is C16H16N2O. The first-order valence-corrected chi connectivity index (χ1v) is 6.36. The van der Waals surface area contributed by atoms with E-state index >= 15 is 0 Å². The average Bonchev–Trinajstić information content (AvgIpc) is 2.87. The molecule has 0 spiro atoms. The lowest BCUT2D eigenvalue weighted by Crippen LogP contribution is -2.10. The van der Waals surface area contributed by atoms with Crippen molar-refractivity contribution in [2.24, 2.45) is 0 Å². The van der Waals surface area contributed by atoms with Crippen molar-refractivity contribution in [1.29, 1.82) is 0 Å². The van der Waals surface area contributed by atoms with Crippen molar-refractivity contribution in [1.82, 2.24) is 9.97 Å². The van der Waals surface area contributed by atoms with Gasteiger partial charge in [0.2, 0.25) is 0 Å². The molecule has 96 valence electrons. The molecule has 0 amide bonds. The Morgan fingerprint density at radius 2 is 1.79 bits per heavy atom. The molecule has 0 N–H and O–H groups in total. The zero-order valence-corrected chi connectivity index (χ0v) is 11.3. The van der Waals surface area contributed by atoms with E-state index in [1.165, 1.54) is 0 Å². The number of aromatic nitrogens is 2. The summed E-state index contributed by atoms with van der Waals surface area (Å²) in [4.78, 5) is 8.82.